The van der Waals surface area contributed by atoms with E-state index in [0.717, 1.165) is 9.21 Å². The second-order valence-electron chi connectivity index (χ2n) is 5.59. The van der Waals surface area contributed by atoms with Crippen LogP contribution in [0.5, 0.6) is 0 Å². The molecular formula is C13H19N3O6S. The van der Waals surface area contributed by atoms with E-state index in [1.807, 2.05) is 0 Å². The third-order valence-corrected chi connectivity index (χ3v) is 5.15. The monoisotopic (exact) mass is 345 g/mol. The minimum absolute atomic E-state index is 0.0342. The van der Waals surface area contributed by atoms with E-state index in [2.05, 4.69) is 5.32 Å². The van der Waals surface area contributed by atoms with Gasteiger partial charge in [0.15, 0.2) is 0 Å². The Morgan fingerprint density at radius 2 is 2.00 bits per heavy atom. The average molecular weight is 345 g/mol. The number of ether oxygens (including phenoxy) is 1. The van der Waals surface area contributed by atoms with Gasteiger partial charge in [0.2, 0.25) is 5.09 Å². The van der Waals surface area contributed by atoms with Crippen molar-refractivity contribution in [3.8, 4) is 0 Å². The van der Waals surface area contributed by atoms with E-state index in [4.69, 9.17) is 9.15 Å². The van der Waals surface area contributed by atoms with Crippen LogP contribution in [0.15, 0.2) is 21.6 Å². The van der Waals surface area contributed by atoms with Gasteiger partial charge in [-0.3, -0.25) is 9.69 Å². The van der Waals surface area contributed by atoms with Crippen LogP contribution >= 0.6 is 0 Å². The highest BCUT2D eigenvalue weighted by atomic mass is 32.2. The lowest BCUT2D eigenvalue weighted by molar-refractivity contribution is -0.133. The number of hydrogen-bond donors (Lipinski definition) is 1. The van der Waals surface area contributed by atoms with Gasteiger partial charge in [0, 0.05) is 21.2 Å². The number of sulfonamides is 1. The lowest BCUT2D eigenvalue weighted by atomic mass is 10.0. The van der Waals surface area contributed by atoms with Crippen molar-refractivity contribution in [2.75, 3.05) is 27.8 Å². The van der Waals surface area contributed by atoms with Crippen LogP contribution in [0.3, 0.4) is 0 Å². The average Bonchev–Trinajstić information content (AvgIpc) is 2.99. The van der Waals surface area contributed by atoms with E-state index in [1.165, 1.54) is 33.3 Å². The topological polar surface area (TPSA) is 109 Å². The Bertz CT molecular complexity index is 726. The minimum atomic E-state index is -3.71. The summed E-state index contributed by atoms with van der Waals surface area (Å²) in [5, 5.41) is 2.30. The third kappa shape index (κ3) is 3.09. The van der Waals surface area contributed by atoms with Crippen LogP contribution in [0.2, 0.25) is 0 Å². The quantitative estimate of drug-likeness (QED) is 0.726. The highest BCUT2D eigenvalue weighted by molar-refractivity contribution is 7.88. The maximum atomic E-state index is 12.3. The molecule has 128 valence electrons. The lowest BCUT2D eigenvalue weighted by Gasteiger charge is -2.19. The Labute approximate surface area is 134 Å². The highest BCUT2D eigenvalue weighted by Gasteiger charge is 2.48. The van der Waals surface area contributed by atoms with Gasteiger partial charge in [-0.15, -0.1) is 0 Å². The van der Waals surface area contributed by atoms with Crippen molar-refractivity contribution in [2.24, 2.45) is 0 Å². The molecule has 1 aromatic rings. The summed E-state index contributed by atoms with van der Waals surface area (Å²) in [6.45, 7) is 1.43. The summed E-state index contributed by atoms with van der Waals surface area (Å²) >= 11 is 0. The van der Waals surface area contributed by atoms with E-state index in [-0.39, 0.29) is 24.0 Å². The first-order chi connectivity index (χ1) is 10.6. The Morgan fingerprint density at radius 3 is 2.57 bits per heavy atom. The molecule has 0 bridgehead atoms. The zero-order valence-corrected chi connectivity index (χ0v) is 14.1. The van der Waals surface area contributed by atoms with E-state index < -0.39 is 27.5 Å². The van der Waals surface area contributed by atoms with Crippen LogP contribution in [0, 0.1) is 0 Å². The second kappa shape index (κ2) is 5.95. The molecule has 1 aliphatic rings. The van der Waals surface area contributed by atoms with Crippen molar-refractivity contribution < 1.29 is 27.2 Å². The largest absolute Gasteiger partial charge is 0.446 e. The van der Waals surface area contributed by atoms with Crippen molar-refractivity contribution in [1.29, 1.82) is 0 Å². The normalized spacial score (nSPS) is 22.0. The summed E-state index contributed by atoms with van der Waals surface area (Å²) in [6, 6.07) is 2.13. The van der Waals surface area contributed by atoms with Crippen molar-refractivity contribution >= 4 is 22.0 Å². The number of nitrogens with one attached hydrogen (secondary N) is 1. The molecule has 1 aliphatic heterocycles. The highest BCUT2D eigenvalue weighted by Crippen LogP contribution is 2.23. The number of carbonyl (C=O) groups is 2. The molecule has 10 heteroatoms. The molecule has 0 aromatic carbocycles. The number of furan rings is 1. The smallest absolute Gasteiger partial charge is 0.325 e. The number of rotatable bonds is 6. The fourth-order valence-electron chi connectivity index (χ4n) is 2.19. The predicted molar refractivity (Wildman–Crippen MR) is 78.9 cm³/mol. The van der Waals surface area contributed by atoms with Gasteiger partial charge in [-0.2, -0.15) is 0 Å². The van der Waals surface area contributed by atoms with Gasteiger partial charge in [-0.25, -0.2) is 17.5 Å². The van der Waals surface area contributed by atoms with Crippen molar-refractivity contribution in [2.45, 2.75) is 24.1 Å². The summed E-state index contributed by atoms with van der Waals surface area (Å²) in [4.78, 5) is 25.3. The summed E-state index contributed by atoms with van der Waals surface area (Å²) in [7, 11) is 0.484. The molecular weight excluding hydrogens is 326 g/mol. The standard InChI is InChI=1S/C13H19N3O6S/c1-13(8-21-4)11(17)16(12(18)14-13)7-9-5-6-10(22-9)23(19,20)15(2)3/h5-6H,7-8H2,1-4H3,(H,14,18)/t13-/m0/s1. The molecule has 1 saturated heterocycles. The number of nitrogens with zero attached hydrogens (tertiary/aromatic N) is 2. The van der Waals surface area contributed by atoms with Gasteiger partial charge in [0.25, 0.3) is 15.9 Å². The second-order valence-corrected chi connectivity index (χ2v) is 7.68. The lowest BCUT2D eigenvalue weighted by Crippen LogP contribution is -2.47. The van der Waals surface area contributed by atoms with E-state index >= 15 is 0 Å². The van der Waals surface area contributed by atoms with Gasteiger partial charge >= 0.3 is 6.03 Å². The molecule has 0 unspecified atom stereocenters. The molecule has 0 aliphatic carbocycles. The fraction of sp³-hybridized carbons (Fsp3) is 0.538. The van der Waals surface area contributed by atoms with Gasteiger partial charge < -0.3 is 14.5 Å². The Morgan fingerprint density at radius 1 is 1.35 bits per heavy atom. The summed E-state index contributed by atoms with van der Waals surface area (Å²) in [6.07, 6.45) is 0. The zero-order chi connectivity index (χ0) is 17.4. The maximum Gasteiger partial charge on any atom is 0.325 e. The molecule has 1 aromatic heterocycles. The van der Waals surface area contributed by atoms with Crippen LogP contribution in [0.25, 0.3) is 0 Å². The molecule has 2 rings (SSSR count). The van der Waals surface area contributed by atoms with E-state index in [9.17, 15) is 18.0 Å². The number of urea groups is 1. The minimum Gasteiger partial charge on any atom is -0.446 e. The van der Waals surface area contributed by atoms with Gasteiger partial charge in [0.05, 0.1) is 13.2 Å². The Hall–Kier alpha value is -1.91. The van der Waals surface area contributed by atoms with Crippen molar-refractivity contribution in [1.82, 2.24) is 14.5 Å². The summed E-state index contributed by atoms with van der Waals surface area (Å²) in [5.74, 6) is -0.270. The summed E-state index contributed by atoms with van der Waals surface area (Å²) in [5.41, 5.74) is -1.14. The van der Waals surface area contributed by atoms with Crippen molar-refractivity contribution in [3.05, 3.63) is 17.9 Å². The number of methoxy groups -OCH3 is 1. The van der Waals surface area contributed by atoms with Crippen LogP contribution < -0.4 is 5.32 Å². The first-order valence-electron chi connectivity index (χ1n) is 6.76. The van der Waals surface area contributed by atoms with Crippen LogP contribution in [0.1, 0.15) is 12.7 Å². The van der Waals surface area contributed by atoms with E-state index in [1.54, 1.807) is 6.92 Å². The number of carbonyl (C=O) groups excluding carboxylic acids is 2. The SMILES string of the molecule is COC[C@]1(C)NC(=O)N(Cc2ccc(S(=O)(=O)N(C)C)o2)C1=O. The molecule has 1 fully saturated rings. The van der Waals surface area contributed by atoms with Crippen molar-refractivity contribution in [3.63, 3.8) is 0 Å². The van der Waals surface area contributed by atoms with Crippen LogP contribution in [0.4, 0.5) is 4.79 Å². The molecule has 3 amide bonds. The van der Waals surface area contributed by atoms with Crippen LogP contribution in [-0.4, -0.2) is 62.9 Å². The number of imide groups is 1. The molecule has 2 heterocycles. The number of amides is 3. The molecule has 9 nitrogen and oxygen atoms in total. The fourth-order valence-corrected chi connectivity index (χ4v) is 3.01. The first kappa shape index (κ1) is 17.4. The third-order valence-electron chi connectivity index (χ3n) is 3.46. The van der Waals surface area contributed by atoms with Gasteiger partial charge in [-0.1, -0.05) is 0 Å². The zero-order valence-electron chi connectivity index (χ0n) is 13.3. The molecule has 0 radical (unpaired) electrons. The Kier molecular flexibility index (Phi) is 4.51. The maximum absolute atomic E-state index is 12.3. The molecule has 1 atom stereocenters. The molecule has 23 heavy (non-hydrogen) atoms. The van der Waals surface area contributed by atoms with Crippen LogP contribution in [-0.2, 0) is 26.1 Å². The Balaban J connectivity index is 2.19. The summed E-state index contributed by atoms with van der Waals surface area (Å²) < 4.78 is 35.1. The first-order valence-corrected chi connectivity index (χ1v) is 8.20. The molecule has 0 spiro atoms. The predicted octanol–water partition coefficient (Wildman–Crippen LogP) is -0.0132. The van der Waals surface area contributed by atoms with Gasteiger partial charge in [0.1, 0.15) is 11.3 Å². The van der Waals surface area contributed by atoms with Gasteiger partial charge in [-0.05, 0) is 19.1 Å². The molecule has 1 N–H and O–H groups in total. The van der Waals surface area contributed by atoms with E-state index in [0.29, 0.717) is 0 Å². The molecule has 0 saturated carbocycles. The number of hydrogen-bond acceptors (Lipinski definition) is 6.